The van der Waals surface area contributed by atoms with Gasteiger partial charge in [-0.25, -0.2) is 0 Å². The number of hydrogen-bond acceptors (Lipinski definition) is 4. The summed E-state index contributed by atoms with van der Waals surface area (Å²) in [6, 6.07) is 16.1. The van der Waals surface area contributed by atoms with Gasteiger partial charge in [-0.2, -0.15) is 0 Å². The first-order valence-electron chi connectivity index (χ1n) is 9.63. The molecule has 0 spiro atoms. The quantitative estimate of drug-likeness (QED) is 0.837. The largest absolute Gasteiger partial charge is 0.495 e. The van der Waals surface area contributed by atoms with E-state index in [0.717, 1.165) is 29.8 Å². The number of ether oxygens (including phenoxy) is 1. The number of benzene rings is 2. The van der Waals surface area contributed by atoms with E-state index in [2.05, 4.69) is 22.3 Å². The van der Waals surface area contributed by atoms with Gasteiger partial charge in [-0.1, -0.05) is 36.4 Å². The Balaban J connectivity index is 1.59. The lowest BCUT2D eigenvalue weighted by Gasteiger charge is -2.34. The van der Waals surface area contributed by atoms with Crippen molar-refractivity contribution in [3.63, 3.8) is 0 Å². The summed E-state index contributed by atoms with van der Waals surface area (Å²) in [6.07, 6.45) is 1.21. The Bertz CT molecular complexity index is 884. The summed E-state index contributed by atoms with van der Waals surface area (Å²) >= 11 is 0. The minimum atomic E-state index is -0.153. The second kappa shape index (κ2) is 7.64. The van der Waals surface area contributed by atoms with Gasteiger partial charge in [0.1, 0.15) is 5.75 Å². The SMILES string of the molecule is CNC(=O)CCN1C[C@@H]2C[C@H]1C(=O)N2c1cc(-c2ccccc2)ccc1OC. The van der Waals surface area contributed by atoms with Gasteiger partial charge in [-0.15, -0.1) is 0 Å². The van der Waals surface area contributed by atoms with Crippen LogP contribution in [0.3, 0.4) is 0 Å². The highest BCUT2D eigenvalue weighted by Crippen LogP contribution is 2.41. The first kappa shape index (κ1) is 18.5. The van der Waals surface area contributed by atoms with E-state index in [-0.39, 0.29) is 23.9 Å². The lowest BCUT2D eigenvalue weighted by atomic mass is 10.0. The molecule has 28 heavy (non-hydrogen) atoms. The fourth-order valence-corrected chi connectivity index (χ4v) is 4.28. The van der Waals surface area contributed by atoms with Crippen molar-refractivity contribution in [1.82, 2.24) is 10.2 Å². The average Bonchev–Trinajstić information content (AvgIpc) is 3.29. The third-order valence-electron chi connectivity index (χ3n) is 5.72. The lowest BCUT2D eigenvalue weighted by Crippen LogP contribution is -2.51. The van der Waals surface area contributed by atoms with Gasteiger partial charge in [-0.05, 0) is 29.7 Å². The summed E-state index contributed by atoms with van der Waals surface area (Å²) in [4.78, 5) is 28.7. The van der Waals surface area contributed by atoms with Crippen molar-refractivity contribution in [2.24, 2.45) is 0 Å². The number of likely N-dealkylation sites (tertiary alicyclic amines) is 1. The molecule has 2 aliphatic rings. The number of rotatable bonds is 6. The van der Waals surface area contributed by atoms with Crippen molar-refractivity contribution in [3.8, 4) is 16.9 Å². The predicted molar refractivity (Wildman–Crippen MR) is 108 cm³/mol. The molecule has 2 fully saturated rings. The number of piperazine rings is 1. The highest BCUT2D eigenvalue weighted by atomic mass is 16.5. The molecule has 146 valence electrons. The molecule has 2 atom stereocenters. The van der Waals surface area contributed by atoms with Gasteiger partial charge in [0.25, 0.3) is 0 Å². The van der Waals surface area contributed by atoms with E-state index >= 15 is 0 Å². The number of carbonyl (C=O) groups is 2. The molecule has 2 aromatic rings. The van der Waals surface area contributed by atoms with Crippen LogP contribution >= 0.6 is 0 Å². The fraction of sp³-hybridized carbons (Fsp3) is 0.364. The minimum Gasteiger partial charge on any atom is -0.495 e. The van der Waals surface area contributed by atoms with Crippen molar-refractivity contribution in [3.05, 3.63) is 48.5 Å². The van der Waals surface area contributed by atoms with Crippen LogP contribution < -0.4 is 15.0 Å². The molecule has 0 saturated carbocycles. The highest BCUT2D eigenvalue weighted by molar-refractivity contribution is 6.03. The average molecular weight is 379 g/mol. The van der Waals surface area contributed by atoms with E-state index in [1.54, 1.807) is 14.2 Å². The maximum Gasteiger partial charge on any atom is 0.244 e. The van der Waals surface area contributed by atoms with E-state index in [0.29, 0.717) is 18.7 Å². The second-order valence-electron chi connectivity index (χ2n) is 7.28. The lowest BCUT2D eigenvalue weighted by molar-refractivity contribution is -0.125. The summed E-state index contributed by atoms with van der Waals surface area (Å²) in [5, 5.41) is 2.64. The van der Waals surface area contributed by atoms with E-state index in [9.17, 15) is 9.59 Å². The van der Waals surface area contributed by atoms with Crippen molar-refractivity contribution in [2.75, 3.05) is 32.1 Å². The Morgan fingerprint density at radius 3 is 2.64 bits per heavy atom. The van der Waals surface area contributed by atoms with Crippen LogP contribution in [0.15, 0.2) is 48.5 Å². The number of carbonyl (C=O) groups excluding carboxylic acids is 2. The van der Waals surface area contributed by atoms with Crippen LogP contribution in [0.5, 0.6) is 5.75 Å². The topological polar surface area (TPSA) is 61.9 Å². The molecule has 1 N–H and O–H groups in total. The first-order chi connectivity index (χ1) is 13.6. The Kier molecular flexibility index (Phi) is 5.05. The van der Waals surface area contributed by atoms with Crippen LogP contribution in [0, 0.1) is 0 Å². The minimum absolute atomic E-state index is 0.00399. The van der Waals surface area contributed by atoms with Crippen LogP contribution in [0.25, 0.3) is 11.1 Å². The summed E-state index contributed by atoms with van der Waals surface area (Å²) in [6.45, 7) is 1.40. The molecule has 4 rings (SSSR count). The van der Waals surface area contributed by atoms with Crippen molar-refractivity contribution in [2.45, 2.75) is 24.9 Å². The van der Waals surface area contributed by atoms with Gasteiger partial charge in [0.05, 0.1) is 24.9 Å². The van der Waals surface area contributed by atoms with E-state index in [1.165, 1.54) is 0 Å². The van der Waals surface area contributed by atoms with Crippen molar-refractivity contribution < 1.29 is 14.3 Å². The van der Waals surface area contributed by atoms with Gasteiger partial charge >= 0.3 is 0 Å². The Morgan fingerprint density at radius 1 is 1.18 bits per heavy atom. The molecular weight excluding hydrogens is 354 g/mol. The third-order valence-corrected chi connectivity index (χ3v) is 5.72. The molecule has 0 radical (unpaired) electrons. The second-order valence-corrected chi connectivity index (χ2v) is 7.28. The zero-order chi connectivity index (χ0) is 19.7. The number of nitrogens with zero attached hydrogens (tertiary/aromatic N) is 2. The number of amides is 2. The van der Waals surface area contributed by atoms with Crippen LogP contribution in [-0.2, 0) is 9.59 Å². The summed E-state index contributed by atoms with van der Waals surface area (Å²) in [5.74, 6) is 0.804. The summed E-state index contributed by atoms with van der Waals surface area (Å²) < 4.78 is 5.56. The zero-order valence-corrected chi connectivity index (χ0v) is 16.2. The molecule has 2 aromatic carbocycles. The number of fused-ring (bicyclic) bond motifs is 2. The van der Waals surface area contributed by atoms with Crippen LogP contribution in [0.4, 0.5) is 5.69 Å². The van der Waals surface area contributed by atoms with Gasteiger partial charge in [0.15, 0.2) is 0 Å². The standard InChI is InChI=1S/C22H25N3O3/c1-23-21(26)10-11-24-14-17-13-19(24)22(27)25(17)18-12-16(8-9-20(18)28-2)15-6-4-3-5-7-15/h3-9,12,17,19H,10-11,13-14H2,1-2H3,(H,23,26)/t17-,19-/m0/s1. The molecule has 2 saturated heterocycles. The summed E-state index contributed by atoms with van der Waals surface area (Å²) in [5.41, 5.74) is 2.99. The third kappa shape index (κ3) is 3.24. The molecule has 2 aliphatic heterocycles. The summed E-state index contributed by atoms with van der Waals surface area (Å²) in [7, 11) is 3.27. The molecule has 2 heterocycles. The van der Waals surface area contributed by atoms with E-state index < -0.39 is 0 Å². The fourth-order valence-electron chi connectivity index (χ4n) is 4.28. The molecule has 2 bridgehead atoms. The molecular formula is C22H25N3O3. The van der Waals surface area contributed by atoms with E-state index in [1.807, 2.05) is 41.3 Å². The Labute approximate surface area is 165 Å². The van der Waals surface area contributed by atoms with Crippen LogP contribution in [-0.4, -0.2) is 56.0 Å². The maximum atomic E-state index is 13.1. The molecule has 6 nitrogen and oxygen atoms in total. The smallest absolute Gasteiger partial charge is 0.244 e. The number of anilines is 1. The Morgan fingerprint density at radius 2 is 1.96 bits per heavy atom. The highest BCUT2D eigenvalue weighted by Gasteiger charge is 2.50. The molecule has 0 aliphatic carbocycles. The van der Waals surface area contributed by atoms with Gasteiger partial charge in [0, 0.05) is 26.6 Å². The van der Waals surface area contributed by atoms with Gasteiger partial charge in [0.2, 0.25) is 11.8 Å². The number of hydrogen-bond donors (Lipinski definition) is 1. The molecule has 0 unspecified atom stereocenters. The normalized spacial score (nSPS) is 21.2. The van der Waals surface area contributed by atoms with Gasteiger partial charge < -0.3 is 15.0 Å². The zero-order valence-electron chi connectivity index (χ0n) is 16.2. The predicted octanol–water partition coefficient (Wildman–Crippen LogP) is 2.29. The number of nitrogens with one attached hydrogen (secondary N) is 1. The van der Waals surface area contributed by atoms with Crippen molar-refractivity contribution in [1.29, 1.82) is 0 Å². The van der Waals surface area contributed by atoms with Gasteiger partial charge in [-0.3, -0.25) is 14.5 Å². The van der Waals surface area contributed by atoms with Crippen LogP contribution in [0.1, 0.15) is 12.8 Å². The van der Waals surface area contributed by atoms with Crippen LogP contribution in [0.2, 0.25) is 0 Å². The first-order valence-corrected chi connectivity index (χ1v) is 9.63. The monoisotopic (exact) mass is 379 g/mol. The van der Waals surface area contributed by atoms with E-state index in [4.69, 9.17) is 4.74 Å². The Hall–Kier alpha value is -2.86. The number of methoxy groups -OCH3 is 1. The maximum absolute atomic E-state index is 13.1. The molecule has 2 amide bonds. The molecule has 0 aromatic heterocycles. The molecule has 6 heteroatoms. The van der Waals surface area contributed by atoms with Crippen molar-refractivity contribution >= 4 is 17.5 Å².